The first-order valence-corrected chi connectivity index (χ1v) is 16.4. The van der Waals surface area contributed by atoms with Gasteiger partial charge >= 0.3 is 10.6 Å². The van der Waals surface area contributed by atoms with Crippen LogP contribution in [0.1, 0.15) is 0 Å². The highest BCUT2D eigenvalue weighted by molar-refractivity contribution is 7.86. The van der Waals surface area contributed by atoms with Crippen LogP contribution < -0.4 is 21.7 Å². The fraction of sp³-hybridized carbons (Fsp3) is 0. The molecule has 0 fully saturated rings. The predicted octanol–water partition coefficient (Wildman–Crippen LogP) is 1.63. The molecule has 4 N–H and O–H groups in total. The molecule has 0 amide bonds. The van der Waals surface area contributed by atoms with E-state index in [4.69, 9.17) is 12.6 Å². The lowest BCUT2D eigenvalue weighted by atomic mass is 9.99. The molecular formula is C28H14N2O13S3. The summed E-state index contributed by atoms with van der Waals surface area (Å²) in [6, 6.07) is 12.5. The summed E-state index contributed by atoms with van der Waals surface area (Å²) in [5.74, 6) is 0. The number of aromatic nitrogens is 2. The predicted molar refractivity (Wildman–Crippen MR) is 166 cm³/mol. The van der Waals surface area contributed by atoms with Crippen molar-refractivity contribution in [2.24, 2.45) is 0 Å². The fourth-order valence-electron chi connectivity index (χ4n) is 5.56. The van der Waals surface area contributed by atoms with Crippen LogP contribution in [-0.2, 0) is 30.8 Å². The number of hydrogen-bond donors (Lipinski definition) is 4. The monoisotopic (exact) mass is 682 g/mol. The minimum absolute atomic E-state index is 0.0570. The highest BCUT2D eigenvalue weighted by atomic mass is 32.2. The summed E-state index contributed by atoms with van der Waals surface area (Å²) >= 11 is 0. The van der Waals surface area contributed by atoms with Crippen molar-refractivity contribution in [1.82, 2.24) is 9.97 Å². The second-order valence-corrected chi connectivity index (χ2v) is 13.2. The summed E-state index contributed by atoms with van der Waals surface area (Å²) in [4.78, 5) is 58.2. The molecule has 1 heterocycles. The highest BCUT2D eigenvalue weighted by Crippen LogP contribution is 2.31. The van der Waals surface area contributed by atoms with Gasteiger partial charge in [0.1, 0.15) is 4.90 Å². The number of rotatable bonds is 2. The molecule has 0 saturated heterocycles. The third-order valence-corrected chi connectivity index (χ3v) is 9.15. The Morgan fingerprint density at radius 1 is 0.522 bits per heavy atom. The van der Waals surface area contributed by atoms with Gasteiger partial charge in [0.2, 0.25) is 0 Å². The molecule has 18 heteroatoms. The molecule has 15 nitrogen and oxygen atoms in total. The zero-order valence-electron chi connectivity index (χ0n) is 22.4. The molecule has 0 spiro atoms. The van der Waals surface area contributed by atoms with Gasteiger partial charge in [0.05, 0.1) is 37.7 Å². The second kappa shape index (κ2) is 10.3. The number of nitrogens with one attached hydrogen (secondary N) is 2. The number of H-pyrrole nitrogens is 2. The van der Waals surface area contributed by atoms with Gasteiger partial charge in [0.15, 0.2) is 21.7 Å². The van der Waals surface area contributed by atoms with E-state index in [0.717, 1.165) is 24.3 Å². The number of fused-ring (bicyclic) bond motifs is 8. The Morgan fingerprint density at radius 3 is 1.65 bits per heavy atom. The first-order chi connectivity index (χ1) is 21.5. The third-order valence-electron chi connectivity index (χ3n) is 7.42. The summed E-state index contributed by atoms with van der Waals surface area (Å²) in [6.07, 6.45) is 0. The second-order valence-electron chi connectivity index (χ2n) is 9.93. The first-order valence-electron chi connectivity index (χ1n) is 12.6. The Labute approximate surface area is 255 Å². The summed E-state index contributed by atoms with van der Waals surface area (Å²) in [7, 11) is -12.9. The largest absolute Gasteiger partial charge is 0.425 e. The molecule has 6 aromatic carbocycles. The lowest BCUT2D eigenvalue weighted by Gasteiger charge is -2.13. The minimum Gasteiger partial charge on any atom is -0.351 e. The van der Waals surface area contributed by atoms with Crippen LogP contribution in [-0.4, -0.2) is 48.5 Å². The smallest absolute Gasteiger partial charge is 0.351 e. The maximum atomic E-state index is 13.7. The van der Waals surface area contributed by atoms with E-state index in [1.54, 1.807) is 12.1 Å². The molecule has 7 aromatic rings. The standard InChI is InChI=1S/C28H14N2O10S2.O3S/c31-25-14-6-5-11(41(35,36)37)9-16(14)28(34)20-15(25)7-8-18-22(20)30-23-19(42(38,39)40)10-17-21(24(23)29-18)27(33)13-4-2-1-3-12(13)26(17)32;1-4(2)3/h1-10,29-30H,(H,35,36,37)(H,38,39,40);. The van der Waals surface area contributed by atoms with Crippen molar-refractivity contribution in [1.29, 1.82) is 0 Å². The molecule has 0 aliphatic heterocycles. The molecule has 0 atom stereocenters. The van der Waals surface area contributed by atoms with Gasteiger partial charge < -0.3 is 9.97 Å². The lowest BCUT2D eigenvalue weighted by Crippen LogP contribution is -2.16. The molecule has 46 heavy (non-hydrogen) atoms. The van der Waals surface area contributed by atoms with Crippen LogP contribution in [0, 0.1) is 0 Å². The Kier molecular flexibility index (Phi) is 6.87. The molecule has 0 saturated carbocycles. The van der Waals surface area contributed by atoms with E-state index in [1.165, 1.54) is 24.3 Å². The quantitative estimate of drug-likeness (QED) is 0.115. The van der Waals surface area contributed by atoms with Gasteiger partial charge in [-0.25, -0.2) is 0 Å². The molecular weight excluding hydrogens is 669 g/mol. The molecule has 1 aromatic heterocycles. The highest BCUT2D eigenvalue weighted by Gasteiger charge is 2.24. The zero-order chi connectivity index (χ0) is 33.5. The van der Waals surface area contributed by atoms with E-state index in [-0.39, 0.29) is 65.2 Å². The lowest BCUT2D eigenvalue weighted by molar-refractivity contribution is 0.481. The molecule has 0 bridgehead atoms. The zero-order valence-corrected chi connectivity index (χ0v) is 24.8. The van der Waals surface area contributed by atoms with E-state index in [0.29, 0.717) is 0 Å². The summed E-state index contributed by atoms with van der Waals surface area (Å²) in [6.45, 7) is 0. The molecule has 232 valence electrons. The topological polar surface area (TPSA) is 260 Å². The minimum atomic E-state index is -5.03. The van der Waals surface area contributed by atoms with Gasteiger partial charge in [-0.15, -0.1) is 12.6 Å². The van der Waals surface area contributed by atoms with Crippen LogP contribution in [0.2, 0.25) is 0 Å². The van der Waals surface area contributed by atoms with Crippen molar-refractivity contribution >= 4 is 96.0 Å². The van der Waals surface area contributed by atoms with Gasteiger partial charge in [0.25, 0.3) is 20.2 Å². The normalized spacial score (nSPS) is 12.2. The summed E-state index contributed by atoms with van der Waals surface area (Å²) in [5.41, 5.74) is -3.17. The van der Waals surface area contributed by atoms with E-state index < -0.39 is 62.4 Å². The van der Waals surface area contributed by atoms with Gasteiger partial charge in [0, 0.05) is 32.3 Å². The van der Waals surface area contributed by atoms with Crippen LogP contribution in [0.4, 0.5) is 0 Å². The van der Waals surface area contributed by atoms with Crippen LogP contribution in [0.15, 0.2) is 89.6 Å². The average molecular weight is 683 g/mol. The molecule has 0 aliphatic carbocycles. The summed E-state index contributed by atoms with van der Waals surface area (Å²) in [5, 5.41) is -1.05. The van der Waals surface area contributed by atoms with E-state index in [9.17, 15) is 45.1 Å². The molecule has 0 unspecified atom stereocenters. The van der Waals surface area contributed by atoms with Crippen molar-refractivity contribution in [2.45, 2.75) is 9.79 Å². The third kappa shape index (κ3) is 4.71. The van der Waals surface area contributed by atoms with E-state index >= 15 is 0 Å². The molecule has 7 rings (SSSR count). The van der Waals surface area contributed by atoms with Crippen LogP contribution in [0.3, 0.4) is 0 Å². The van der Waals surface area contributed by atoms with Gasteiger partial charge in [-0.3, -0.25) is 28.3 Å². The summed E-state index contributed by atoms with van der Waals surface area (Å²) < 4.78 is 93.4. The Balaban J connectivity index is 0.000000879. The van der Waals surface area contributed by atoms with E-state index in [1.807, 2.05) is 0 Å². The number of hydrogen-bond acceptors (Lipinski definition) is 11. The van der Waals surface area contributed by atoms with Crippen LogP contribution in [0.5, 0.6) is 0 Å². The Hall–Kier alpha value is -5.40. The van der Waals surface area contributed by atoms with Crippen molar-refractivity contribution in [3.05, 3.63) is 102 Å². The van der Waals surface area contributed by atoms with Gasteiger partial charge in [-0.05, 0) is 36.4 Å². The maximum absolute atomic E-state index is 13.7. The Bertz CT molecular complexity index is 3110. The SMILES string of the molecule is O=S(=O)=O.O=c1c2ccc(S(=O)(=O)O)cc2c(=O)c2c1ccc1[nH]c3c([nH]c12)c(S(=O)(=O)O)cc1c(=O)c2ccccc2c(=O)c13. The van der Waals surface area contributed by atoms with Crippen LogP contribution >= 0.6 is 0 Å². The van der Waals surface area contributed by atoms with E-state index in [2.05, 4.69) is 9.97 Å². The van der Waals surface area contributed by atoms with Gasteiger partial charge in [-0.2, -0.15) is 16.8 Å². The Morgan fingerprint density at radius 2 is 1.04 bits per heavy atom. The maximum Gasteiger partial charge on any atom is 0.425 e. The van der Waals surface area contributed by atoms with Crippen LogP contribution in [0.25, 0.3) is 65.2 Å². The first kappa shape index (κ1) is 30.6. The molecule has 0 aliphatic rings. The van der Waals surface area contributed by atoms with Crippen molar-refractivity contribution < 1.29 is 38.6 Å². The average Bonchev–Trinajstić information content (AvgIpc) is 2.98. The fourth-order valence-corrected chi connectivity index (χ4v) is 6.74. The molecule has 0 radical (unpaired) electrons. The van der Waals surface area contributed by atoms with Crippen molar-refractivity contribution in [3.63, 3.8) is 0 Å². The number of benzene rings is 6. The van der Waals surface area contributed by atoms with Crippen molar-refractivity contribution in [2.75, 3.05) is 0 Å². The number of aromatic amines is 2. The van der Waals surface area contributed by atoms with Gasteiger partial charge in [-0.1, -0.05) is 24.3 Å². The van der Waals surface area contributed by atoms with Crippen molar-refractivity contribution in [3.8, 4) is 0 Å².